The normalized spacial score (nSPS) is 11.3. The standard InChI is InChI=1S/C11H20O2/c1-4-7-8-10(12)9-11(13,5-2)6-3/h4,13H,1,5-9H2,2-3H3. The van der Waals surface area contributed by atoms with Crippen LogP contribution in [0.25, 0.3) is 0 Å². The van der Waals surface area contributed by atoms with Crippen LogP contribution in [0.5, 0.6) is 0 Å². The molecule has 1 N–H and O–H groups in total. The monoisotopic (exact) mass is 184 g/mol. The van der Waals surface area contributed by atoms with Crippen molar-refractivity contribution in [3.63, 3.8) is 0 Å². The Morgan fingerprint density at radius 2 is 2.00 bits per heavy atom. The quantitative estimate of drug-likeness (QED) is 0.617. The minimum Gasteiger partial charge on any atom is -0.389 e. The van der Waals surface area contributed by atoms with E-state index < -0.39 is 5.60 Å². The van der Waals surface area contributed by atoms with Crippen LogP contribution in [0, 0.1) is 0 Å². The van der Waals surface area contributed by atoms with Gasteiger partial charge >= 0.3 is 0 Å². The average Bonchev–Trinajstić information content (AvgIpc) is 2.14. The van der Waals surface area contributed by atoms with Crippen LogP contribution in [0.2, 0.25) is 0 Å². The van der Waals surface area contributed by atoms with Gasteiger partial charge in [0, 0.05) is 12.8 Å². The largest absolute Gasteiger partial charge is 0.389 e. The van der Waals surface area contributed by atoms with Gasteiger partial charge < -0.3 is 5.11 Å². The molecule has 2 nitrogen and oxygen atoms in total. The molecule has 13 heavy (non-hydrogen) atoms. The van der Waals surface area contributed by atoms with Gasteiger partial charge in [-0.05, 0) is 19.3 Å². The van der Waals surface area contributed by atoms with Crippen molar-refractivity contribution in [2.45, 2.75) is 51.6 Å². The molecule has 0 aromatic rings. The minimum atomic E-state index is -0.780. The highest BCUT2D eigenvalue weighted by Gasteiger charge is 2.24. The first kappa shape index (κ1) is 12.4. The highest BCUT2D eigenvalue weighted by atomic mass is 16.3. The third-order valence-corrected chi connectivity index (χ3v) is 2.47. The van der Waals surface area contributed by atoms with E-state index in [2.05, 4.69) is 6.58 Å². The van der Waals surface area contributed by atoms with E-state index in [-0.39, 0.29) is 12.2 Å². The fourth-order valence-electron chi connectivity index (χ4n) is 1.22. The molecule has 0 unspecified atom stereocenters. The van der Waals surface area contributed by atoms with Crippen molar-refractivity contribution >= 4 is 5.78 Å². The van der Waals surface area contributed by atoms with Gasteiger partial charge in [0.2, 0.25) is 0 Å². The molecule has 0 fully saturated rings. The molecule has 2 heteroatoms. The number of ketones is 1. The van der Waals surface area contributed by atoms with Crippen molar-refractivity contribution in [2.75, 3.05) is 0 Å². The number of hydrogen-bond acceptors (Lipinski definition) is 2. The van der Waals surface area contributed by atoms with Gasteiger partial charge in [0.1, 0.15) is 5.78 Å². The molecule has 0 bridgehead atoms. The first-order valence-electron chi connectivity index (χ1n) is 4.93. The maximum Gasteiger partial charge on any atom is 0.136 e. The predicted octanol–water partition coefficient (Wildman–Crippen LogP) is 2.46. The van der Waals surface area contributed by atoms with Crippen LogP contribution < -0.4 is 0 Å². The lowest BCUT2D eigenvalue weighted by atomic mass is 9.90. The van der Waals surface area contributed by atoms with Crippen molar-refractivity contribution in [3.05, 3.63) is 12.7 Å². The molecule has 0 aliphatic heterocycles. The fourth-order valence-corrected chi connectivity index (χ4v) is 1.22. The van der Waals surface area contributed by atoms with Gasteiger partial charge in [0.05, 0.1) is 5.60 Å². The van der Waals surface area contributed by atoms with Gasteiger partial charge in [-0.1, -0.05) is 19.9 Å². The van der Waals surface area contributed by atoms with E-state index >= 15 is 0 Å². The Labute approximate surface area is 80.7 Å². The smallest absolute Gasteiger partial charge is 0.136 e. The molecule has 0 aromatic heterocycles. The van der Waals surface area contributed by atoms with E-state index in [1.54, 1.807) is 6.08 Å². The molecule has 0 saturated heterocycles. The highest BCUT2D eigenvalue weighted by molar-refractivity contribution is 5.79. The Morgan fingerprint density at radius 1 is 1.46 bits per heavy atom. The summed E-state index contributed by atoms with van der Waals surface area (Å²) in [5, 5.41) is 9.85. The number of allylic oxidation sites excluding steroid dienone is 1. The lowest BCUT2D eigenvalue weighted by molar-refractivity contribution is -0.124. The SMILES string of the molecule is C=CCCC(=O)CC(O)(CC)CC. The number of rotatable bonds is 7. The van der Waals surface area contributed by atoms with Crippen LogP contribution >= 0.6 is 0 Å². The molecular weight excluding hydrogens is 164 g/mol. The van der Waals surface area contributed by atoms with Gasteiger partial charge in [-0.15, -0.1) is 6.58 Å². The average molecular weight is 184 g/mol. The molecular formula is C11H20O2. The zero-order valence-corrected chi connectivity index (χ0v) is 8.68. The Balaban J connectivity index is 3.93. The summed E-state index contributed by atoms with van der Waals surface area (Å²) in [5.41, 5.74) is -0.780. The molecule has 0 radical (unpaired) electrons. The number of Topliss-reactive ketones (excluding diaryl/α,β-unsaturated/α-hetero) is 1. The molecule has 0 atom stereocenters. The van der Waals surface area contributed by atoms with Gasteiger partial charge in [0.25, 0.3) is 0 Å². The lowest BCUT2D eigenvalue weighted by Crippen LogP contribution is -2.29. The van der Waals surface area contributed by atoms with Crippen molar-refractivity contribution in [2.24, 2.45) is 0 Å². The molecule has 0 amide bonds. The molecule has 0 rings (SSSR count). The van der Waals surface area contributed by atoms with Crippen LogP contribution in [0.4, 0.5) is 0 Å². The first-order chi connectivity index (χ1) is 6.08. The summed E-state index contributed by atoms with van der Waals surface area (Å²) in [5.74, 6) is 0.131. The van der Waals surface area contributed by atoms with Crippen molar-refractivity contribution in [1.82, 2.24) is 0 Å². The van der Waals surface area contributed by atoms with E-state index in [0.717, 1.165) is 0 Å². The molecule has 76 valence electrons. The van der Waals surface area contributed by atoms with Crippen molar-refractivity contribution < 1.29 is 9.90 Å². The van der Waals surface area contributed by atoms with Crippen molar-refractivity contribution in [3.8, 4) is 0 Å². The van der Waals surface area contributed by atoms with Crippen LogP contribution in [0.15, 0.2) is 12.7 Å². The fraction of sp³-hybridized carbons (Fsp3) is 0.727. The van der Waals surface area contributed by atoms with E-state index in [9.17, 15) is 9.90 Å². The number of carbonyl (C=O) groups excluding carboxylic acids is 1. The summed E-state index contributed by atoms with van der Waals surface area (Å²) >= 11 is 0. The third-order valence-electron chi connectivity index (χ3n) is 2.47. The molecule has 0 aliphatic carbocycles. The summed E-state index contributed by atoms with van der Waals surface area (Å²) in [6.45, 7) is 7.37. The van der Waals surface area contributed by atoms with E-state index in [4.69, 9.17) is 0 Å². The predicted molar refractivity (Wildman–Crippen MR) is 54.6 cm³/mol. The molecule has 0 spiro atoms. The zero-order valence-electron chi connectivity index (χ0n) is 8.68. The van der Waals surface area contributed by atoms with Crippen molar-refractivity contribution in [1.29, 1.82) is 0 Å². The maximum atomic E-state index is 11.3. The second-order valence-electron chi connectivity index (χ2n) is 3.47. The van der Waals surface area contributed by atoms with Gasteiger partial charge in [-0.3, -0.25) is 4.79 Å². The Bertz CT molecular complexity index is 169. The van der Waals surface area contributed by atoms with Crippen LogP contribution in [0.1, 0.15) is 46.0 Å². The molecule has 0 aliphatic rings. The number of carbonyl (C=O) groups is 1. The van der Waals surface area contributed by atoms with Gasteiger partial charge in [0.15, 0.2) is 0 Å². The van der Waals surface area contributed by atoms with E-state index in [1.807, 2.05) is 13.8 Å². The van der Waals surface area contributed by atoms with Crippen LogP contribution in [-0.2, 0) is 4.79 Å². The van der Waals surface area contributed by atoms with Crippen LogP contribution in [0.3, 0.4) is 0 Å². The van der Waals surface area contributed by atoms with Crippen LogP contribution in [-0.4, -0.2) is 16.5 Å². The Hall–Kier alpha value is -0.630. The summed E-state index contributed by atoms with van der Waals surface area (Å²) < 4.78 is 0. The summed E-state index contributed by atoms with van der Waals surface area (Å²) in [4.78, 5) is 11.3. The topological polar surface area (TPSA) is 37.3 Å². The summed E-state index contributed by atoms with van der Waals surface area (Å²) in [7, 11) is 0. The third kappa shape index (κ3) is 4.83. The minimum absolute atomic E-state index is 0.131. The Kier molecular flexibility index (Phi) is 5.63. The molecule has 0 saturated carbocycles. The maximum absolute atomic E-state index is 11.3. The zero-order chi connectivity index (χ0) is 10.3. The lowest BCUT2D eigenvalue weighted by Gasteiger charge is -2.23. The van der Waals surface area contributed by atoms with Gasteiger partial charge in [-0.2, -0.15) is 0 Å². The summed E-state index contributed by atoms with van der Waals surface area (Å²) in [6.07, 6.45) is 4.52. The Morgan fingerprint density at radius 3 is 2.38 bits per heavy atom. The van der Waals surface area contributed by atoms with Gasteiger partial charge in [-0.25, -0.2) is 0 Å². The molecule has 0 heterocycles. The van der Waals surface area contributed by atoms with E-state index in [1.165, 1.54) is 0 Å². The molecule has 0 aromatic carbocycles. The number of aliphatic hydroxyl groups is 1. The second-order valence-corrected chi connectivity index (χ2v) is 3.47. The summed E-state index contributed by atoms with van der Waals surface area (Å²) in [6, 6.07) is 0. The number of hydrogen-bond donors (Lipinski definition) is 1. The second kappa shape index (κ2) is 5.92. The van der Waals surface area contributed by atoms with E-state index in [0.29, 0.717) is 25.7 Å². The highest BCUT2D eigenvalue weighted by Crippen LogP contribution is 2.20. The first-order valence-corrected chi connectivity index (χ1v) is 4.93.